The molecule has 2 amide bonds. The van der Waals surface area contributed by atoms with Crippen molar-refractivity contribution in [1.29, 1.82) is 0 Å². The molecule has 4 nitrogen and oxygen atoms in total. The molecule has 0 saturated carbocycles. The van der Waals surface area contributed by atoms with E-state index in [1.807, 2.05) is 38.1 Å². The number of benzene rings is 2. The van der Waals surface area contributed by atoms with Gasteiger partial charge in [-0.3, -0.25) is 9.59 Å². The van der Waals surface area contributed by atoms with Crippen LogP contribution in [-0.2, 0) is 6.42 Å². The van der Waals surface area contributed by atoms with Gasteiger partial charge in [-0.15, -0.1) is 0 Å². The van der Waals surface area contributed by atoms with Gasteiger partial charge in [0.15, 0.2) is 0 Å². The molecule has 0 N–H and O–H groups in total. The number of carbonyl (C=O) groups excluding carboxylic acids is 2. The van der Waals surface area contributed by atoms with Gasteiger partial charge in [0.05, 0.1) is 0 Å². The van der Waals surface area contributed by atoms with Crippen molar-refractivity contribution in [3.05, 3.63) is 70.2 Å². The number of nitrogens with zero attached hydrogens (tertiary/aromatic N) is 2. The van der Waals surface area contributed by atoms with Crippen molar-refractivity contribution in [3.8, 4) is 0 Å². The van der Waals surface area contributed by atoms with Crippen LogP contribution >= 0.6 is 11.6 Å². The van der Waals surface area contributed by atoms with Gasteiger partial charge < -0.3 is 0 Å². The van der Waals surface area contributed by atoms with Crippen molar-refractivity contribution in [1.82, 2.24) is 10.0 Å². The Bertz CT molecular complexity index is 854. The van der Waals surface area contributed by atoms with E-state index in [0.717, 1.165) is 12.0 Å². The minimum absolute atomic E-state index is 0.175. The second kappa shape index (κ2) is 9.45. The number of rotatable bonds is 5. The lowest BCUT2D eigenvalue weighted by Crippen LogP contribution is -2.55. The molecular formula is C24H31ClN2O2. The molecule has 5 heteroatoms. The fourth-order valence-electron chi connectivity index (χ4n) is 3.12. The number of amides is 2. The van der Waals surface area contributed by atoms with Crippen LogP contribution in [0.3, 0.4) is 0 Å². The summed E-state index contributed by atoms with van der Waals surface area (Å²) in [5.74, 6) is -0.396. The molecule has 0 aliphatic rings. The number of carbonyl (C=O) groups is 2. The van der Waals surface area contributed by atoms with E-state index in [0.29, 0.717) is 22.7 Å². The van der Waals surface area contributed by atoms with Crippen molar-refractivity contribution >= 4 is 23.4 Å². The molecule has 0 unspecified atom stereocenters. The molecule has 0 heterocycles. The van der Waals surface area contributed by atoms with Crippen molar-refractivity contribution in [2.45, 2.75) is 54.0 Å². The average molecular weight is 415 g/mol. The Morgan fingerprint density at radius 3 is 2.10 bits per heavy atom. The maximum atomic E-state index is 13.5. The quantitative estimate of drug-likeness (QED) is 0.575. The van der Waals surface area contributed by atoms with Crippen LogP contribution in [0.2, 0.25) is 5.02 Å². The molecule has 0 atom stereocenters. The summed E-state index contributed by atoms with van der Waals surface area (Å²) in [7, 11) is 0. The first-order chi connectivity index (χ1) is 13.5. The standard InChI is InChI=1S/C24H31ClN2O2/c1-7-18-9-8-10-20(15-18)22(28)26(16-24(4,5)6)27(17(2)3)23(29)19-11-13-21(25)14-12-19/h8-15,17H,7,16H2,1-6H3. The van der Waals surface area contributed by atoms with Crippen LogP contribution in [0.15, 0.2) is 48.5 Å². The smallest absolute Gasteiger partial charge is 0.267 e. The largest absolute Gasteiger partial charge is 0.272 e. The maximum Gasteiger partial charge on any atom is 0.272 e. The highest BCUT2D eigenvalue weighted by Crippen LogP contribution is 2.23. The predicted molar refractivity (Wildman–Crippen MR) is 119 cm³/mol. The summed E-state index contributed by atoms with van der Waals surface area (Å²) in [5.41, 5.74) is 1.98. The number of hydrazine groups is 1. The normalized spacial score (nSPS) is 11.4. The molecule has 0 spiro atoms. The SMILES string of the molecule is CCc1cccc(C(=O)N(CC(C)(C)C)N(C(=O)c2ccc(Cl)cc2)C(C)C)c1. The van der Waals surface area contributed by atoms with Crippen LogP contribution in [-0.4, -0.2) is 34.4 Å². The Labute approximate surface area is 179 Å². The summed E-state index contributed by atoms with van der Waals surface area (Å²) < 4.78 is 0. The first-order valence-corrected chi connectivity index (χ1v) is 10.4. The molecule has 0 bridgehead atoms. The lowest BCUT2D eigenvalue weighted by atomic mass is 9.96. The van der Waals surface area contributed by atoms with Crippen LogP contribution in [0, 0.1) is 5.41 Å². The number of hydrogen-bond donors (Lipinski definition) is 0. The van der Waals surface area contributed by atoms with Gasteiger partial charge in [-0.2, -0.15) is 0 Å². The second-order valence-corrected chi connectivity index (χ2v) is 9.16. The molecule has 156 valence electrons. The fraction of sp³-hybridized carbons (Fsp3) is 0.417. The highest BCUT2D eigenvalue weighted by Gasteiger charge is 2.33. The van der Waals surface area contributed by atoms with E-state index in [-0.39, 0.29) is 23.3 Å². The number of halogens is 1. The van der Waals surface area contributed by atoms with Gasteiger partial charge in [-0.25, -0.2) is 10.0 Å². The number of aryl methyl sites for hydroxylation is 1. The Balaban J connectivity index is 2.49. The Kier molecular flexibility index (Phi) is 7.48. The van der Waals surface area contributed by atoms with Gasteiger partial charge in [0, 0.05) is 28.7 Å². The molecule has 0 fully saturated rings. The van der Waals surface area contributed by atoms with Crippen LogP contribution in [0.1, 0.15) is 67.8 Å². The van der Waals surface area contributed by atoms with Crippen molar-refractivity contribution < 1.29 is 9.59 Å². The Morgan fingerprint density at radius 2 is 1.59 bits per heavy atom. The van der Waals surface area contributed by atoms with Gasteiger partial charge in [0.2, 0.25) is 0 Å². The third-order valence-corrected chi connectivity index (χ3v) is 4.74. The fourth-order valence-corrected chi connectivity index (χ4v) is 3.24. The molecule has 0 radical (unpaired) electrons. The third-order valence-electron chi connectivity index (χ3n) is 4.49. The zero-order valence-corrected chi connectivity index (χ0v) is 19.0. The molecule has 0 aliphatic heterocycles. The van der Waals surface area contributed by atoms with E-state index in [2.05, 4.69) is 27.7 Å². The lowest BCUT2D eigenvalue weighted by Gasteiger charge is -2.41. The van der Waals surface area contributed by atoms with E-state index in [1.165, 1.54) is 0 Å². The van der Waals surface area contributed by atoms with Crippen LogP contribution in [0.25, 0.3) is 0 Å². The van der Waals surface area contributed by atoms with Gasteiger partial charge in [0.1, 0.15) is 0 Å². The van der Waals surface area contributed by atoms with Gasteiger partial charge in [0.25, 0.3) is 11.8 Å². The summed E-state index contributed by atoms with van der Waals surface area (Å²) in [5, 5.41) is 3.72. The second-order valence-electron chi connectivity index (χ2n) is 8.73. The van der Waals surface area contributed by atoms with Crippen LogP contribution < -0.4 is 0 Å². The number of hydrogen-bond acceptors (Lipinski definition) is 2. The van der Waals surface area contributed by atoms with Gasteiger partial charge in [-0.05, 0) is 67.6 Å². The lowest BCUT2D eigenvalue weighted by molar-refractivity contribution is -0.0298. The topological polar surface area (TPSA) is 40.6 Å². The summed E-state index contributed by atoms with van der Waals surface area (Å²) in [6.45, 7) is 12.5. The monoisotopic (exact) mass is 414 g/mol. The molecule has 0 saturated heterocycles. The molecular weight excluding hydrogens is 384 g/mol. The van der Waals surface area contributed by atoms with Crippen molar-refractivity contribution in [3.63, 3.8) is 0 Å². The summed E-state index contributed by atoms with van der Waals surface area (Å²) in [4.78, 5) is 26.9. The summed E-state index contributed by atoms with van der Waals surface area (Å²) in [6.07, 6.45) is 0.845. The molecule has 0 aliphatic carbocycles. The Morgan fingerprint density at radius 1 is 0.966 bits per heavy atom. The molecule has 2 aromatic carbocycles. The Hall–Kier alpha value is -2.33. The molecule has 2 rings (SSSR count). The molecule has 0 aromatic heterocycles. The average Bonchev–Trinajstić information content (AvgIpc) is 2.66. The zero-order chi connectivity index (χ0) is 21.8. The van der Waals surface area contributed by atoms with Crippen molar-refractivity contribution in [2.24, 2.45) is 5.41 Å². The first-order valence-electron chi connectivity index (χ1n) is 10.0. The van der Waals surface area contributed by atoms with E-state index in [9.17, 15) is 9.59 Å². The summed E-state index contributed by atoms with van der Waals surface area (Å²) in [6, 6.07) is 14.2. The van der Waals surface area contributed by atoms with Gasteiger partial charge in [-0.1, -0.05) is 51.4 Å². The third kappa shape index (κ3) is 6.07. The highest BCUT2D eigenvalue weighted by molar-refractivity contribution is 6.30. The minimum atomic E-state index is -0.221. The zero-order valence-electron chi connectivity index (χ0n) is 18.2. The van der Waals surface area contributed by atoms with Crippen LogP contribution in [0.5, 0.6) is 0 Å². The molecule has 29 heavy (non-hydrogen) atoms. The first kappa shape index (κ1) is 23.0. The minimum Gasteiger partial charge on any atom is -0.267 e. The molecule has 2 aromatic rings. The van der Waals surface area contributed by atoms with E-state index in [1.54, 1.807) is 34.3 Å². The van der Waals surface area contributed by atoms with Crippen LogP contribution in [0.4, 0.5) is 0 Å². The van der Waals surface area contributed by atoms with E-state index >= 15 is 0 Å². The summed E-state index contributed by atoms with van der Waals surface area (Å²) >= 11 is 5.98. The highest BCUT2D eigenvalue weighted by atomic mass is 35.5. The maximum absolute atomic E-state index is 13.5. The van der Waals surface area contributed by atoms with Crippen molar-refractivity contribution in [2.75, 3.05) is 6.54 Å². The van der Waals surface area contributed by atoms with Gasteiger partial charge >= 0.3 is 0 Å². The van der Waals surface area contributed by atoms with E-state index in [4.69, 9.17) is 11.6 Å². The predicted octanol–water partition coefficient (Wildman–Crippen LogP) is 5.86. The van der Waals surface area contributed by atoms with E-state index < -0.39 is 0 Å².